The topological polar surface area (TPSA) is 73.8 Å². The summed E-state index contributed by atoms with van der Waals surface area (Å²) in [6.45, 7) is 0. The van der Waals surface area contributed by atoms with Gasteiger partial charge in [0.15, 0.2) is 0 Å². The summed E-state index contributed by atoms with van der Waals surface area (Å²) in [6.07, 6.45) is 0. The Morgan fingerprint density at radius 3 is 2.05 bits per heavy atom. The molecule has 3 aromatic heterocycles. The molecule has 0 amide bonds. The van der Waals surface area contributed by atoms with E-state index >= 15 is 0 Å². The van der Waals surface area contributed by atoms with E-state index in [0.29, 0.717) is 11.5 Å². The van der Waals surface area contributed by atoms with Crippen LogP contribution in [0.5, 0.6) is 0 Å². The number of para-hydroxylation sites is 3. The molecule has 8 rings (SSSR count). The quantitative estimate of drug-likeness (QED) is 0.162. The van der Waals surface area contributed by atoms with Gasteiger partial charge in [0.1, 0.15) is 0 Å². The summed E-state index contributed by atoms with van der Waals surface area (Å²) < 4.78 is 4.16. The fraction of sp³-hybridized carbons (Fsp3) is 0. The Morgan fingerprint density at radius 2 is 1.32 bits per heavy atom. The first-order chi connectivity index (χ1) is 20.2. The predicted octanol–water partition coefficient (Wildman–Crippen LogP) is 9.18. The van der Waals surface area contributed by atoms with E-state index in [1.165, 1.54) is 0 Å². The number of thiophene rings is 1. The zero-order valence-electron chi connectivity index (χ0n) is 21.6. The van der Waals surface area contributed by atoms with Gasteiger partial charge in [0.25, 0.3) is 5.69 Å². The van der Waals surface area contributed by atoms with Crippen molar-refractivity contribution in [3.63, 3.8) is 0 Å². The normalized spacial score (nSPS) is 11.6. The fourth-order valence-corrected chi connectivity index (χ4v) is 6.84. The maximum absolute atomic E-state index is 11.8. The molecule has 0 aliphatic carbocycles. The zero-order valence-corrected chi connectivity index (χ0v) is 22.4. The van der Waals surface area contributed by atoms with Crippen LogP contribution in [0.1, 0.15) is 0 Å². The van der Waals surface area contributed by atoms with Crippen molar-refractivity contribution >= 4 is 59.1 Å². The van der Waals surface area contributed by atoms with Crippen molar-refractivity contribution in [2.24, 2.45) is 0 Å². The molecule has 0 bridgehead atoms. The van der Waals surface area contributed by atoms with Crippen molar-refractivity contribution in [1.82, 2.24) is 14.5 Å². The highest BCUT2D eigenvalue weighted by Gasteiger charge is 2.21. The summed E-state index contributed by atoms with van der Waals surface area (Å²) in [5.41, 5.74) is 6.21. The molecule has 41 heavy (non-hydrogen) atoms. The maximum atomic E-state index is 11.8. The van der Waals surface area contributed by atoms with Crippen molar-refractivity contribution in [2.75, 3.05) is 0 Å². The molecule has 0 saturated heterocycles. The molecule has 0 aliphatic rings. The van der Waals surface area contributed by atoms with E-state index in [4.69, 9.17) is 9.97 Å². The molecule has 0 radical (unpaired) electrons. The molecule has 0 fully saturated rings. The van der Waals surface area contributed by atoms with E-state index in [2.05, 4.69) is 53.1 Å². The van der Waals surface area contributed by atoms with Crippen LogP contribution in [0.2, 0.25) is 0 Å². The van der Waals surface area contributed by atoms with E-state index in [0.717, 1.165) is 58.9 Å². The van der Waals surface area contributed by atoms with Crippen molar-refractivity contribution in [3.8, 4) is 28.3 Å². The van der Waals surface area contributed by atoms with Crippen LogP contribution in [-0.4, -0.2) is 19.5 Å². The second-order valence-corrected chi connectivity index (χ2v) is 10.9. The van der Waals surface area contributed by atoms with Crippen LogP contribution >= 0.6 is 11.3 Å². The Bertz CT molecular complexity index is 2250. The third kappa shape index (κ3) is 3.63. The van der Waals surface area contributed by atoms with Gasteiger partial charge >= 0.3 is 0 Å². The van der Waals surface area contributed by atoms with Crippen molar-refractivity contribution < 1.29 is 4.92 Å². The van der Waals surface area contributed by atoms with Gasteiger partial charge in [0.05, 0.1) is 37.4 Å². The first kappa shape index (κ1) is 23.5. The van der Waals surface area contributed by atoms with Gasteiger partial charge in [-0.05, 0) is 35.9 Å². The molecular weight excluding hydrogens is 528 g/mol. The molecule has 0 atom stereocenters. The minimum Gasteiger partial charge on any atom is -0.278 e. The standard InChI is InChI=1S/C34H20N4O2S/c39-38(40)29-17-9-4-12-23(29)22-18-19-30-26(20-22)32-33(41-30)31(21-10-2-1-3-11-21)35-34(36-32)37-27-15-7-5-13-24(27)25-14-6-8-16-28(25)37/h1-20H. The van der Waals surface area contributed by atoms with Gasteiger partial charge in [0, 0.05) is 32.5 Å². The number of nitro benzene ring substituents is 1. The molecule has 7 heteroatoms. The van der Waals surface area contributed by atoms with Gasteiger partial charge < -0.3 is 0 Å². The SMILES string of the molecule is O=[N+]([O-])c1ccccc1-c1ccc2sc3c(-c4ccccc4)nc(-n4c5ccccc5c5ccccc54)nc3c2c1. The minimum absolute atomic E-state index is 0.0805. The number of nitrogens with zero attached hydrogens (tertiary/aromatic N) is 4. The largest absolute Gasteiger partial charge is 0.278 e. The van der Waals surface area contributed by atoms with Crippen LogP contribution in [0.3, 0.4) is 0 Å². The third-order valence-corrected chi connectivity index (χ3v) is 8.71. The van der Waals surface area contributed by atoms with E-state index in [9.17, 15) is 10.1 Å². The summed E-state index contributed by atoms with van der Waals surface area (Å²) in [5, 5.41) is 15.0. The van der Waals surface area contributed by atoms with E-state index < -0.39 is 0 Å². The highest BCUT2D eigenvalue weighted by atomic mass is 32.1. The number of rotatable bonds is 4. The van der Waals surface area contributed by atoms with Crippen LogP contribution < -0.4 is 0 Å². The lowest BCUT2D eigenvalue weighted by Gasteiger charge is -2.10. The number of nitro groups is 1. The Balaban J connectivity index is 1.48. The fourth-order valence-electron chi connectivity index (χ4n) is 5.71. The highest BCUT2D eigenvalue weighted by molar-refractivity contribution is 7.26. The Kier molecular flexibility index (Phi) is 5.20. The third-order valence-electron chi connectivity index (χ3n) is 7.54. The summed E-state index contributed by atoms with van der Waals surface area (Å²) in [6, 6.07) is 39.7. The molecule has 0 N–H and O–H groups in total. The molecule has 6 nitrogen and oxygen atoms in total. The Morgan fingerprint density at radius 1 is 0.659 bits per heavy atom. The summed E-state index contributed by atoms with van der Waals surface area (Å²) in [7, 11) is 0. The first-order valence-corrected chi connectivity index (χ1v) is 14.0. The van der Waals surface area contributed by atoms with E-state index in [-0.39, 0.29) is 10.6 Å². The van der Waals surface area contributed by atoms with Gasteiger partial charge in [-0.2, -0.15) is 0 Å². The molecule has 0 spiro atoms. The average Bonchev–Trinajstić information content (AvgIpc) is 3.56. The van der Waals surface area contributed by atoms with Gasteiger partial charge in [-0.15, -0.1) is 11.3 Å². The lowest BCUT2D eigenvalue weighted by atomic mass is 10.0. The monoisotopic (exact) mass is 548 g/mol. The van der Waals surface area contributed by atoms with Gasteiger partial charge in [-0.3, -0.25) is 14.7 Å². The summed E-state index contributed by atoms with van der Waals surface area (Å²) in [4.78, 5) is 21.9. The minimum atomic E-state index is -0.332. The molecule has 5 aromatic carbocycles. The van der Waals surface area contributed by atoms with E-state index in [1.54, 1.807) is 29.5 Å². The summed E-state index contributed by atoms with van der Waals surface area (Å²) >= 11 is 1.64. The zero-order chi connectivity index (χ0) is 27.5. The van der Waals surface area contributed by atoms with Crippen molar-refractivity contribution in [3.05, 3.63) is 131 Å². The Hall–Kier alpha value is -5.40. The molecule has 194 valence electrons. The van der Waals surface area contributed by atoms with Crippen LogP contribution in [0, 0.1) is 10.1 Å². The van der Waals surface area contributed by atoms with Crippen molar-refractivity contribution in [1.29, 1.82) is 0 Å². The van der Waals surface area contributed by atoms with Gasteiger partial charge in [-0.1, -0.05) is 84.9 Å². The lowest BCUT2D eigenvalue weighted by Crippen LogP contribution is -2.02. The molecule has 8 aromatic rings. The van der Waals surface area contributed by atoms with Crippen LogP contribution in [0.4, 0.5) is 5.69 Å². The Labute approximate surface area is 237 Å². The van der Waals surface area contributed by atoms with Crippen LogP contribution in [-0.2, 0) is 0 Å². The number of benzene rings is 5. The highest BCUT2D eigenvalue weighted by Crippen LogP contribution is 2.42. The van der Waals surface area contributed by atoms with Crippen LogP contribution in [0.15, 0.2) is 121 Å². The first-order valence-electron chi connectivity index (χ1n) is 13.2. The smallest absolute Gasteiger partial charge is 0.277 e. The number of hydrogen-bond acceptors (Lipinski definition) is 5. The second-order valence-electron chi connectivity index (χ2n) is 9.87. The second kappa shape index (κ2) is 9.08. The molecule has 3 heterocycles. The molecule has 0 saturated carbocycles. The van der Waals surface area contributed by atoms with Gasteiger partial charge in [-0.25, -0.2) is 9.97 Å². The number of hydrogen-bond donors (Lipinski definition) is 0. The average molecular weight is 549 g/mol. The number of fused-ring (bicyclic) bond motifs is 6. The molecular formula is C34H20N4O2S. The van der Waals surface area contributed by atoms with Crippen molar-refractivity contribution in [2.45, 2.75) is 0 Å². The number of aromatic nitrogens is 3. The van der Waals surface area contributed by atoms with Gasteiger partial charge in [0.2, 0.25) is 5.95 Å². The predicted molar refractivity (Wildman–Crippen MR) is 167 cm³/mol. The molecule has 0 unspecified atom stereocenters. The maximum Gasteiger partial charge on any atom is 0.277 e. The molecule has 0 aliphatic heterocycles. The lowest BCUT2D eigenvalue weighted by molar-refractivity contribution is -0.384. The summed E-state index contributed by atoms with van der Waals surface area (Å²) in [5.74, 6) is 0.588. The van der Waals surface area contributed by atoms with Crippen LogP contribution in [0.25, 0.3) is 70.4 Å². The van der Waals surface area contributed by atoms with E-state index in [1.807, 2.05) is 54.6 Å².